The predicted octanol–water partition coefficient (Wildman–Crippen LogP) is 3.02. The van der Waals surface area contributed by atoms with Crippen LogP contribution in [0.15, 0.2) is 30.3 Å². The van der Waals surface area contributed by atoms with Gasteiger partial charge in [0, 0.05) is 37.3 Å². The van der Waals surface area contributed by atoms with Gasteiger partial charge in [-0.25, -0.2) is 4.39 Å². The number of rotatable bonds is 9. The third-order valence-corrected chi connectivity index (χ3v) is 6.80. The number of nitrogens with zero attached hydrogens (tertiary/aromatic N) is 4. The van der Waals surface area contributed by atoms with Gasteiger partial charge in [-0.15, -0.1) is 0 Å². The number of halogens is 1. The summed E-state index contributed by atoms with van der Waals surface area (Å²) < 4.78 is 20.0. The van der Waals surface area contributed by atoms with Crippen molar-refractivity contribution in [2.75, 3.05) is 61.7 Å². The number of amides is 2. The molecular formula is C27H31FN8O3. The van der Waals surface area contributed by atoms with Gasteiger partial charge in [0.05, 0.1) is 24.0 Å². The molecule has 11 nitrogen and oxygen atoms in total. The average Bonchev–Trinajstić information content (AvgIpc) is 3.53. The topological polar surface area (TPSA) is 138 Å². The Morgan fingerprint density at radius 1 is 1.18 bits per heavy atom. The molecule has 3 heterocycles. The van der Waals surface area contributed by atoms with E-state index in [4.69, 9.17) is 10.5 Å². The number of carbonyl (C=O) groups is 2. The van der Waals surface area contributed by atoms with Crippen molar-refractivity contribution in [3.05, 3.63) is 52.8 Å². The van der Waals surface area contributed by atoms with Crippen molar-refractivity contribution in [2.45, 2.75) is 19.3 Å². The maximum atomic E-state index is 14.4. The summed E-state index contributed by atoms with van der Waals surface area (Å²) in [6.45, 7) is 1.93. The van der Waals surface area contributed by atoms with Gasteiger partial charge in [-0.3, -0.25) is 9.59 Å². The van der Waals surface area contributed by atoms with Crippen LogP contribution in [-0.4, -0.2) is 67.5 Å². The largest absolute Gasteiger partial charge is 0.495 e. The molecule has 0 saturated heterocycles. The number of nitrogens with two attached hydrogens (primary N) is 1. The second kappa shape index (κ2) is 10.7. The van der Waals surface area contributed by atoms with Crippen LogP contribution in [0.25, 0.3) is 0 Å². The number of aromatic nitrogens is 2. The molecule has 0 fully saturated rings. The van der Waals surface area contributed by atoms with Gasteiger partial charge in [0.1, 0.15) is 23.2 Å². The average molecular weight is 535 g/mol. The zero-order valence-corrected chi connectivity index (χ0v) is 22.1. The summed E-state index contributed by atoms with van der Waals surface area (Å²) in [6, 6.07) is 8.04. The number of nitrogens with one attached hydrogen (secondary N) is 3. The summed E-state index contributed by atoms with van der Waals surface area (Å²) in [7, 11) is 5.46. The number of fused-ring (bicyclic) bond motifs is 2. The van der Waals surface area contributed by atoms with Crippen LogP contribution in [0.5, 0.6) is 5.75 Å². The fraction of sp³-hybridized carbons (Fsp3) is 0.333. The molecule has 5 rings (SSSR count). The van der Waals surface area contributed by atoms with Crippen molar-refractivity contribution in [1.82, 2.24) is 14.9 Å². The van der Waals surface area contributed by atoms with Crippen molar-refractivity contribution >= 4 is 46.5 Å². The maximum Gasteiger partial charge on any atom is 0.253 e. The Balaban J connectivity index is 1.48. The number of hydrogen-bond acceptors (Lipinski definition) is 9. The first-order chi connectivity index (χ1) is 18.7. The molecule has 1 aromatic heterocycles. The second-order valence-corrected chi connectivity index (χ2v) is 9.71. The van der Waals surface area contributed by atoms with E-state index in [0.29, 0.717) is 55.5 Å². The van der Waals surface area contributed by atoms with E-state index >= 15 is 0 Å². The molecule has 0 aliphatic carbocycles. The predicted molar refractivity (Wildman–Crippen MR) is 148 cm³/mol. The summed E-state index contributed by atoms with van der Waals surface area (Å²) in [6.07, 6.45) is 1.80. The standard InChI is InChI=1S/C27H31FN8O3/c1-35(2)11-9-22(37)36-12-8-15-13-21(39-3)19(14-20(15)36)32-27-33-25-16(7-10-30-25)26(34-27)31-18-6-4-5-17(28)23(18)24(29)38/h4-6,13-14H,7-12H2,1-3H3,(H2,29,38)(H3,30,31,32,33,34). The van der Waals surface area contributed by atoms with E-state index in [1.54, 1.807) is 18.1 Å². The molecule has 5 N–H and O–H groups in total. The molecule has 0 saturated carbocycles. The molecule has 39 heavy (non-hydrogen) atoms. The normalized spacial score (nSPS) is 13.6. The Bertz CT molecular complexity index is 1450. The molecule has 0 radical (unpaired) electrons. The Morgan fingerprint density at radius 3 is 2.74 bits per heavy atom. The van der Waals surface area contributed by atoms with E-state index in [1.807, 2.05) is 31.1 Å². The fourth-order valence-corrected chi connectivity index (χ4v) is 4.85. The van der Waals surface area contributed by atoms with Gasteiger partial charge >= 0.3 is 0 Å². The first kappa shape index (κ1) is 26.2. The smallest absolute Gasteiger partial charge is 0.253 e. The molecule has 204 valence electrons. The van der Waals surface area contributed by atoms with Gasteiger partial charge in [-0.1, -0.05) is 6.07 Å². The zero-order chi connectivity index (χ0) is 27.7. The SMILES string of the molecule is COc1cc2c(cc1Nc1nc3c(c(Nc4cccc(F)c4C(N)=O)n1)CCN3)N(C(=O)CCN(C)C)CC2. The lowest BCUT2D eigenvalue weighted by atomic mass is 10.1. The highest BCUT2D eigenvalue weighted by atomic mass is 19.1. The van der Waals surface area contributed by atoms with E-state index in [9.17, 15) is 14.0 Å². The number of primary amides is 1. The van der Waals surface area contributed by atoms with Gasteiger partial charge in [-0.05, 0) is 56.8 Å². The highest BCUT2D eigenvalue weighted by Crippen LogP contribution is 2.39. The van der Waals surface area contributed by atoms with Crippen LogP contribution in [0.4, 0.5) is 39.0 Å². The Morgan fingerprint density at radius 2 is 2.00 bits per heavy atom. The number of benzene rings is 2. The van der Waals surface area contributed by atoms with Crippen LogP contribution in [0.3, 0.4) is 0 Å². The quantitative estimate of drug-likeness (QED) is 0.326. The molecule has 2 aliphatic rings. The first-order valence-corrected chi connectivity index (χ1v) is 12.7. The van der Waals surface area contributed by atoms with Crippen LogP contribution in [0, 0.1) is 5.82 Å². The molecule has 2 aromatic carbocycles. The minimum Gasteiger partial charge on any atom is -0.495 e. The summed E-state index contributed by atoms with van der Waals surface area (Å²) in [5.74, 6) is 0.332. The number of methoxy groups -OCH3 is 1. The van der Waals surface area contributed by atoms with E-state index in [0.717, 1.165) is 23.2 Å². The van der Waals surface area contributed by atoms with Crippen LogP contribution < -0.4 is 31.3 Å². The van der Waals surface area contributed by atoms with Crippen molar-refractivity contribution in [3.63, 3.8) is 0 Å². The minimum absolute atomic E-state index is 0.0587. The van der Waals surface area contributed by atoms with Crippen molar-refractivity contribution in [2.24, 2.45) is 5.73 Å². The fourth-order valence-electron chi connectivity index (χ4n) is 4.85. The minimum atomic E-state index is -0.884. The number of ether oxygens (including phenoxy) is 1. The van der Waals surface area contributed by atoms with Gasteiger partial charge in [0.15, 0.2) is 0 Å². The molecule has 0 unspecified atom stereocenters. The van der Waals surface area contributed by atoms with Crippen molar-refractivity contribution in [1.29, 1.82) is 0 Å². The lowest BCUT2D eigenvalue weighted by Gasteiger charge is -2.20. The summed E-state index contributed by atoms with van der Waals surface area (Å²) in [5.41, 5.74) is 8.65. The van der Waals surface area contributed by atoms with Gasteiger partial charge in [0.25, 0.3) is 5.91 Å². The molecule has 0 spiro atoms. The van der Waals surface area contributed by atoms with E-state index < -0.39 is 11.7 Å². The third kappa shape index (κ3) is 5.28. The van der Waals surface area contributed by atoms with Crippen LogP contribution >= 0.6 is 0 Å². The molecule has 3 aromatic rings. The Labute approximate surface area is 225 Å². The second-order valence-electron chi connectivity index (χ2n) is 9.71. The zero-order valence-electron chi connectivity index (χ0n) is 22.1. The summed E-state index contributed by atoms with van der Waals surface area (Å²) >= 11 is 0. The molecule has 2 amide bonds. The third-order valence-electron chi connectivity index (χ3n) is 6.80. The molecular weight excluding hydrogens is 503 g/mol. The molecule has 0 atom stereocenters. The van der Waals surface area contributed by atoms with Crippen molar-refractivity contribution < 1.29 is 18.7 Å². The summed E-state index contributed by atoms with van der Waals surface area (Å²) in [5, 5.41) is 9.54. The van der Waals surface area contributed by atoms with E-state index in [-0.39, 0.29) is 23.1 Å². The lowest BCUT2D eigenvalue weighted by molar-refractivity contribution is -0.118. The highest BCUT2D eigenvalue weighted by molar-refractivity contribution is 5.99. The molecule has 2 aliphatic heterocycles. The van der Waals surface area contributed by atoms with Crippen LogP contribution in [0.1, 0.15) is 27.9 Å². The van der Waals surface area contributed by atoms with E-state index in [1.165, 1.54) is 12.1 Å². The molecule has 12 heteroatoms. The number of carbonyl (C=O) groups excluding carboxylic acids is 2. The molecule has 0 bridgehead atoms. The van der Waals surface area contributed by atoms with Gasteiger partial charge < -0.3 is 36.2 Å². The monoisotopic (exact) mass is 534 g/mol. The summed E-state index contributed by atoms with van der Waals surface area (Å²) in [4.78, 5) is 37.9. The first-order valence-electron chi connectivity index (χ1n) is 12.7. The van der Waals surface area contributed by atoms with Gasteiger partial charge in [-0.2, -0.15) is 9.97 Å². The van der Waals surface area contributed by atoms with Gasteiger partial charge in [0.2, 0.25) is 11.9 Å². The Kier molecular flexibility index (Phi) is 7.20. The number of anilines is 6. The highest BCUT2D eigenvalue weighted by Gasteiger charge is 2.27. The lowest BCUT2D eigenvalue weighted by Crippen LogP contribution is -2.31. The maximum absolute atomic E-state index is 14.4. The van der Waals surface area contributed by atoms with Crippen LogP contribution in [-0.2, 0) is 17.6 Å². The van der Waals surface area contributed by atoms with E-state index in [2.05, 4.69) is 25.9 Å². The van der Waals surface area contributed by atoms with Crippen molar-refractivity contribution in [3.8, 4) is 5.75 Å². The Hall–Kier alpha value is -4.45. The number of hydrogen-bond donors (Lipinski definition) is 4. The van der Waals surface area contributed by atoms with Crippen LogP contribution in [0.2, 0.25) is 0 Å².